The van der Waals surface area contributed by atoms with Gasteiger partial charge in [-0.25, -0.2) is 4.79 Å². The number of piperazine rings is 1. The number of nitrogens with zero attached hydrogens (tertiary/aromatic N) is 3. The normalized spacial score (nSPS) is 15.8. The quantitative estimate of drug-likeness (QED) is 0.579. The molecule has 0 N–H and O–H groups in total. The van der Waals surface area contributed by atoms with Crippen molar-refractivity contribution in [3.05, 3.63) is 65.2 Å². The lowest BCUT2D eigenvalue weighted by molar-refractivity contribution is 0.0526. The minimum atomic E-state index is -0.262. The van der Waals surface area contributed by atoms with Gasteiger partial charge in [-0.3, -0.25) is 4.90 Å². The smallest absolute Gasteiger partial charge is 0.338 e. The van der Waals surface area contributed by atoms with Crippen LogP contribution in [0.1, 0.15) is 35.3 Å². The minimum Gasteiger partial charge on any atom is -0.489 e. The van der Waals surface area contributed by atoms with Crippen molar-refractivity contribution in [2.24, 2.45) is 0 Å². The second-order valence-corrected chi connectivity index (χ2v) is 7.87. The second kappa shape index (κ2) is 11.5. The van der Waals surface area contributed by atoms with E-state index in [9.17, 15) is 4.79 Å². The summed E-state index contributed by atoms with van der Waals surface area (Å²) >= 11 is 0. The number of rotatable bonds is 9. The van der Waals surface area contributed by atoms with E-state index >= 15 is 0 Å². The molecular weight excluding hydrogens is 390 g/mol. The Kier molecular flexibility index (Phi) is 8.45. The van der Waals surface area contributed by atoms with E-state index in [-0.39, 0.29) is 12.1 Å². The van der Waals surface area contributed by atoms with Crippen LogP contribution in [0.15, 0.2) is 48.5 Å². The van der Waals surface area contributed by atoms with E-state index in [1.807, 2.05) is 43.3 Å². The molecule has 31 heavy (non-hydrogen) atoms. The largest absolute Gasteiger partial charge is 0.489 e. The summed E-state index contributed by atoms with van der Waals surface area (Å²) in [5.41, 5.74) is 2.49. The second-order valence-electron chi connectivity index (χ2n) is 7.87. The molecule has 2 aromatic rings. The average molecular weight is 422 g/mol. The van der Waals surface area contributed by atoms with Crippen molar-refractivity contribution in [2.45, 2.75) is 26.4 Å². The topological polar surface area (TPSA) is 65.8 Å². The predicted molar refractivity (Wildman–Crippen MR) is 120 cm³/mol. The van der Waals surface area contributed by atoms with Gasteiger partial charge < -0.3 is 14.4 Å². The van der Waals surface area contributed by atoms with Crippen LogP contribution in [0.4, 0.5) is 0 Å². The first-order valence-electron chi connectivity index (χ1n) is 10.9. The molecule has 1 atom stereocenters. The molecular formula is C25H31N3O3. The highest BCUT2D eigenvalue weighted by Gasteiger charge is 2.19. The van der Waals surface area contributed by atoms with E-state index in [4.69, 9.17) is 14.7 Å². The highest BCUT2D eigenvalue weighted by molar-refractivity contribution is 5.89. The van der Waals surface area contributed by atoms with Gasteiger partial charge in [0, 0.05) is 39.3 Å². The summed E-state index contributed by atoms with van der Waals surface area (Å²) in [7, 11) is 0. The van der Waals surface area contributed by atoms with Gasteiger partial charge in [0.25, 0.3) is 0 Å². The van der Waals surface area contributed by atoms with E-state index in [0.29, 0.717) is 17.7 Å². The van der Waals surface area contributed by atoms with Gasteiger partial charge >= 0.3 is 5.97 Å². The Labute approximate surface area is 185 Å². The van der Waals surface area contributed by atoms with Crippen LogP contribution in [0.25, 0.3) is 0 Å². The maximum absolute atomic E-state index is 11.7. The molecule has 0 radical (unpaired) electrons. The summed E-state index contributed by atoms with van der Waals surface area (Å²) in [5.74, 6) is 0.543. The van der Waals surface area contributed by atoms with Crippen molar-refractivity contribution in [1.29, 1.82) is 5.26 Å². The van der Waals surface area contributed by atoms with E-state index in [1.165, 1.54) is 5.56 Å². The summed E-state index contributed by atoms with van der Waals surface area (Å²) in [6, 6.07) is 17.1. The summed E-state index contributed by atoms with van der Waals surface area (Å²) in [6.07, 6.45) is 1.07. The van der Waals surface area contributed by atoms with E-state index in [0.717, 1.165) is 51.4 Å². The Morgan fingerprint density at radius 1 is 1.03 bits per heavy atom. The third-order valence-electron chi connectivity index (χ3n) is 5.48. The zero-order valence-electron chi connectivity index (χ0n) is 18.4. The lowest BCUT2D eigenvalue weighted by atomic mass is 10.1. The van der Waals surface area contributed by atoms with Gasteiger partial charge in [0.2, 0.25) is 0 Å². The summed E-state index contributed by atoms with van der Waals surface area (Å²) in [4.78, 5) is 16.7. The standard InChI is InChI=1S/C25H31N3O3/c1-3-30-25(29)23-8-4-21(5-9-23)12-13-27-14-16-28(17-15-27)19-20(2)31-24-10-6-22(18-26)7-11-24/h4-11,20H,3,12-17,19H2,1-2H3. The summed E-state index contributed by atoms with van der Waals surface area (Å²) in [5, 5.41) is 8.88. The molecule has 1 aliphatic heterocycles. The lowest BCUT2D eigenvalue weighted by Crippen LogP contribution is -2.49. The number of hydrogen-bond acceptors (Lipinski definition) is 6. The maximum Gasteiger partial charge on any atom is 0.338 e. The zero-order valence-corrected chi connectivity index (χ0v) is 18.4. The molecule has 0 saturated carbocycles. The number of hydrogen-bond donors (Lipinski definition) is 0. The van der Waals surface area contributed by atoms with Crippen LogP contribution in [-0.4, -0.2) is 67.7 Å². The number of esters is 1. The average Bonchev–Trinajstić information content (AvgIpc) is 2.79. The molecule has 1 heterocycles. The molecule has 1 aliphatic rings. The van der Waals surface area contributed by atoms with Crippen LogP contribution in [0.2, 0.25) is 0 Å². The van der Waals surface area contributed by atoms with E-state index < -0.39 is 0 Å². The summed E-state index contributed by atoms with van der Waals surface area (Å²) < 4.78 is 11.0. The molecule has 0 aliphatic carbocycles. The summed E-state index contributed by atoms with van der Waals surface area (Å²) in [6.45, 7) is 10.4. The van der Waals surface area contributed by atoms with Gasteiger partial charge in [0.15, 0.2) is 0 Å². The van der Waals surface area contributed by atoms with Gasteiger partial charge in [-0.15, -0.1) is 0 Å². The Morgan fingerprint density at radius 3 is 2.29 bits per heavy atom. The first kappa shape index (κ1) is 22.8. The molecule has 6 heteroatoms. The van der Waals surface area contributed by atoms with Crippen molar-refractivity contribution >= 4 is 5.97 Å². The van der Waals surface area contributed by atoms with Crippen LogP contribution in [0.3, 0.4) is 0 Å². The molecule has 3 rings (SSSR count). The van der Waals surface area contributed by atoms with Crippen molar-refractivity contribution in [3.63, 3.8) is 0 Å². The Balaban J connectivity index is 1.36. The number of carbonyl (C=O) groups excluding carboxylic acids is 1. The van der Waals surface area contributed by atoms with Crippen LogP contribution < -0.4 is 4.74 Å². The third-order valence-corrected chi connectivity index (χ3v) is 5.48. The van der Waals surface area contributed by atoms with Gasteiger partial charge in [0.1, 0.15) is 11.9 Å². The van der Waals surface area contributed by atoms with Crippen molar-refractivity contribution in [3.8, 4) is 11.8 Å². The van der Waals surface area contributed by atoms with Crippen molar-refractivity contribution < 1.29 is 14.3 Å². The van der Waals surface area contributed by atoms with E-state index in [2.05, 4.69) is 22.8 Å². The Hall–Kier alpha value is -2.88. The highest BCUT2D eigenvalue weighted by atomic mass is 16.5. The fourth-order valence-corrected chi connectivity index (χ4v) is 3.75. The van der Waals surface area contributed by atoms with Gasteiger partial charge in [-0.05, 0) is 62.2 Å². The number of nitriles is 1. The molecule has 0 amide bonds. The first-order chi connectivity index (χ1) is 15.1. The molecule has 1 unspecified atom stereocenters. The number of ether oxygens (including phenoxy) is 2. The van der Waals surface area contributed by atoms with Crippen LogP contribution in [-0.2, 0) is 11.2 Å². The molecule has 6 nitrogen and oxygen atoms in total. The molecule has 2 aromatic carbocycles. The third kappa shape index (κ3) is 7.09. The van der Waals surface area contributed by atoms with Gasteiger partial charge in [0.05, 0.1) is 23.8 Å². The van der Waals surface area contributed by atoms with Crippen LogP contribution >= 0.6 is 0 Å². The van der Waals surface area contributed by atoms with Crippen molar-refractivity contribution in [1.82, 2.24) is 9.80 Å². The molecule has 0 bridgehead atoms. The molecule has 164 valence electrons. The van der Waals surface area contributed by atoms with Gasteiger partial charge in [-0.2, -0.15) is 5.26 Å². The molecule has 1 saturated heterocycles. The molecule has 0 aromatic heterocycles. The fraction of sp³-hybridized carbons (Fsp3) is 0.440. The fourth-order valence-electron chi connectivity index (χ4n) is 3.75. The lowest BCUT2D eigenvalue weighted by Gasteiger charge is -2.35. The zero-order chi connectivity index (χ0) is 22.1. The predicted octanol–water partition coefficient (Wildman–Crippen LogP) is 3.36. The SMILES string of the molecule is CCOC(=O)c1ccc(CCN2CCN(CC(C)Oc3ccc(C#N)cc3)CC2)cc1. The maximum atomic E-state index is 11.7. The number of carbonyl (C=O) groups is 1. The first-order valence-corrected chi connectivity index (χ1v) is 10.9. The van der Waals surface area contributed by atoms with Crippen molar-refractivity contribution in [2.75, 3.05) is 45.9 Å². The monoisotopic (exact) mass is 421 g/mol. The Bertz CT molecular complexity index is 866. The van der Waals surface area contributed by atoms with Crippen LogP contribution in [0.5, 0.6) is 5.75 Å². The minimum absolute atomic E-state index is 0.0948. The molecule has 1 fully saturated rings. The molecule has 0 spiro atoms. The Morgan fingerprint density at radius 2 is 1.68 bits per heavy atom. The highest BCUT2D eigenvalue weighted by Crippen LogP contribution is 2.15. The van der Waals surface area contributed by atoms with Crippen LogP contribution in [0, 0.1) is 11.3 Å². The van der Waals surface area contributed by atoms with Gasteiger partial charge in [-0.1, -0.05) is 12.1 Å². The number of benzene rings is 2. The van der Waals surface area contributed by atoms with E-state index in [1.54, 1.807) is 12.1 Å².